The van der Waals surface area contributed by atoms with Crippen molar-refractivity contribution in [3.63, 3.8) is 0 Å². The topological polar surface area (TPSA) is 15.3 Å². The van der Waals surface area contributed by atoms with Crippen LogP contribution in [0.3, 0.4) is 0 Å². The van der Waals surface area contributed by atoms with E-state index >= 15 is 0 Å². The van der Waals surface area contributed by atoms with E-state index in [2.05, 4.69) is 31.0 Å². The maximum absolute atomic E-state index is 3.76. The minimum atomic E-state index is 0.779. The van der Waals surface area contributed by atoms with E-state index in [4.69, 9.17) is 0 Å². The Morgan fingerprint density at radius 3 is 2.71 bits per heavy atom. The third kappa shape index (κ3) is 3.23. The van der Waals surface area contributed by atoms with Crippen molar-refractivity contribution in [2.45, 2.75) is 65.0 Å². The van der Waals surface area contributed by atoms with Gasteiger partial charge in [0.1, 0.15) is 0 Å². The van der Waals surface area contributed by atoms with Crippen LogP contribution >= 0.6 is 0 Å². The molecule has 0 aromatic carbocycles. The molecule has 0 radical (unpaired) electrons. The van der Waals surface area contributed by atoms with Crippen molar-refractivity contribution in [1.82, 2.24) is 10.2 Å². The van der Waals surface area contributed by atoms with Gasteiger partial charge in [0, 0.05) is 18.6 Å². The molecule has 0 aromatic heterocycles. The van der Waals surface area contributed by atoms with Gasteiger partial charge in [0.25, 0.3) is 0 Å². The number of rotatable bonds is 5. The quantitative estimate of drug-likeness (QED) is 0.792. The molecule has 2 nitrogen and oxygen atoms in total. The molecule has 17 heavy (non-hydrogen) atoms. The van der Waals surface area contributed by atoms with Crippen LogP contribution in [0.1, 0.15) is 52.9 Å². The number of hydrogen-bond acceptors (Lipinski definition) is 2. The van der Waals surface area contributed by atoms with Crippen molar-refractivity contribution in [3.05, 3.63) is 0 Å². The van der Waals surface area contributed by atoms with E-state index in [1.807, 2.05) is 0 Å². The van der Waals surface area contributed by atoms with Gasteiger partial charge in [-0.3, -0.25) is 4.90 Å². The Bertz CT molecular complexity index is 227. The van der Waals surface area contributed by atoms with Crippen LogP contribution in [0.4, 0.5) is 0 Å². The fraction of sp³-hybridized carbons (Fsp3) is 1.00. The highest BCUT2D eigenvalue weighted by atomic mass is 15.2. The van der Waals surface area contributed by atoms with E-state index in [1.165, 1.54) is 51.7 Å². The maximum Gasteiger partial charge on any atom is 0.0249 e. The lowest BCUT2D eigenvalue weighted by molar-refractivity contribution is 0.198. The molecule has 2 fully saturated rings. The van der Waals surface area contributed by atoms with Crippen LogP contribution in [-0.2, 0) is 0 Å². The monoisotopic (exact) mass is 238 g/mol. The molecular formula is C15H30N2. The second-order valence-corrected chi connectivity index (χ2v) is 6.35. The van der Waals surface area contributed by atoms with Crippen LogP contribution in [0.2, 0.25) is 0 Å². The summed E-state index contributed by atoms with van der Waals surface area (Å²) in [4.78, 5) is 2.78. The lowest BCUT2D eigenvalue weighted by Gasteiger charge is -2.30. The Morgan fingerprint density at radius 1 is 1.24 bits per heavy atom. The minimum Gasteiger partial charge on any atom is -0.312 e. The standard InChI is InChI=1S/C15H30N2/c1-4-9-16-14-6-5-7-15(14)17-10-8-13(11-17)12(2)3/h12-16H,4-11H2,1-3H3. The second kappa shape index (κ2) is 6.19. The zero-order chi connectivity index (χ0) is 12.3. The fourth-order valence-corrected chi connectivity index (χ4v) is 3.61. The Hall–Kier alpha value is -0.0800. The predicted octanol–water partition coefficient (Wildman–Crippen LogP) is 2.89. The van der Waals surface area contributed by atoms with Crippen LogP contribution in [0.5, 0.6) is 0 Å². The summed E-state index contributed by atoms with van der Waals surface area (Å²) in [5.74, 6) is 1.81. The van der Waals surface area contributed by atoms with Crippen molar-refractivity contribution in [2.24, 2.45) is 11.8 Å². The molecule has 2 rings (SSSR count). The summed E-state index contributed by atoms with van der Waals surface area (Å²) >= 11 is 0. The number of hydrogen-bond donors (Lipinski definition) is 1. The Kier molecular flexibility index (Phi) is 4.87. The smallest absolute Gasteiger partial charge is 0.0249 e. The molecule has 2 aliphatic rings. The summed E-state index contributed by atoms with van der Waals surface area (Å²) in [5, 5.41) is 3.76. The Labute approximate surface area is 107 Å². The highest BCUT2D eigenvalue weighted by Gasteiger charge is 2.36. The van der Waals surface area contributed by atoms with E-state index in [0.29, 0.717) is 0 Å². The van der Waals surface area contributed by atoms with Crippen molar-refractivity contribution < 1.29 is 0 Å². The van der Waals surface area contributed by atoms with Gasteiger partial charge in [-0.05, 0) is 50.6 Å². The molecule has 0 spiro atoms. The number of likely N-dealkylation sites (tertiary alicyclic amines) is 1. The zero-order valence-corrected chi connectivity index (χ0v) is 11.9. The van der Waals surface area contributed by atoms with Gasteiger partial charge in [0.2, 0.25) is 0 Å². The van der Waals surface area contributed by atoms with Crippen LogP contribution < -0.4 is 5.32 Å². The van der Waals surface area contributed by atoms with Crippen LogP contribution in [-0.4, -0.2) is 36.6 Å². The fourth-order valence-electron chi connectivity index (χ4n) is 3.61. The SMILES string of the molecule is CCCNC1CCCC1N1CCC(C(C)C)C1. The molecule has 0 bridgehead atoms. The van der Waals surface area contributed by atoms with E-state index in [0.717, 1.165) is 23.9 Å². The van der Waals surface area contributed by atoms with Crippen LogP contribution in [0.25, 0.3) is 0 Å². The van der Waals surface area contributed by atoms with Crippen molar-refractivity contribution >= 4 is 0 Å². The molecule has 1 heterocycles. The summed E-state index contributed by atoms with van der Waals surface area (Å²) in [6.45, 7) is 10.9. The first-order valence-corrected chi connectivity index (χ1v) is 7.69. The Morgan fingerprint density at radius 2 is 2.06 bits per heavy atom. The summed E-state index contributed by atoms with van der Waals surface area (Å²) in [6, 6.07) is 1.62. The Balaban J connectivity index is 1.84. The number of nitrogens with zero attached hydrogens (tertiary/aromatic N) is 1. The van der Waals surface area contributed by atoms with E-state index in [1.54, 1.807) is 0 Å². The van der Waals surface area contributed by atoms with Gasteiger partial charge in [0.05, 0.1) is 0 Å². The zero-order valence-electron chi connectivity index (χ0n) is 11.9. The molecular weight excluding hydrogens is 208 g/mol. The minimum absolute atomic E-state index is 0.779. The molecule has 100 valence electrons. The van der Waals surface area contributed by atoms with Crippen molar-refractivity contribution in [2.75, 3.05) is 19.6 Å². The molecule has 0 amide bonds. The molecule has 1 saturated carbocycles. The van der Waals surface area contributed by atoms with Gasteiger partial charge < -0.3 is 5.32 Å². The number of nitrogens with one attached hydrogen (secondary N) is 1. The largest absolute Gasteiger partial charge is 0.312 e. The van der Waals surface area contributed by atoms with Gasteiger partial charge in [0.15, 0.2) is 0 Å². The van der Waals surface area contributed by atoms with Gasteiger partial charge in [-0.1, -0.05) is 27.2 Å². The molecule has 2 heteroatoms. The molecule has 1 saturated heterocycles. The van der Waals surface area contributed by atoms with Gasteiger partial charge in [-0.25, -0.2) is 0 Å². The highest BCUT2D eigenvalue weighted by Crippen LogP contribution is 2.31. The van der Waals surface area contributed by atoms with Crippen molar-refractivity contribution in [3.8, 4) is 0 Å². The third-order valence-electron chi connectivity index (χ3n) is 4.80. The van der Waals surface area contributed by atoms with Crippen LogP contribution in [0.15, 0.2) is 0 Å². The highest BCUT2D eigenvalue weighted by molar-refractivity contribution is 4.93. The normalized spacial score (nSPS) is 34.9. The van der Waals surface area contributed by atoms with E-state index in [-0.39, 0.29) is 0 Å². The summed E-state index contributed by atoms with van der Waals surface area (Å²) in [6.07, 6.45) is 6.93. The average Bonchev–Trinajstić information content (AvgIpc) is 2.94. The molecule has 1 aliphatic heterocycles. The maximum atomic E-state index is 3.76. The molecule has 3 unspecified atom stereocenters. The molecule has 3 atom stereocenters. The predicted molar refractivity (Wildman–Crippen MR) is 74.2 cm³/mol. The first-order chi connectivity index (χ1) is 8.22. The lowest BCUT2D eigenvalue weighted by Crippen LogP contribution is -2.46. The second-order valence-electron chi connectivity index (χ2n) is 6.35. The van der Waals surface area contributed by atoms with E-state index < -0.39 is 0 Å². The third-order valence-corrected chi connectivity index (χ3v) is 4.80. The molecule has 0 aromatic rings. The lowest BCUT2D eigenvalue weighted by atomic mass is 9.95. The first kappa shape index (κ1) is 13.4. The average molecular weight is 238 g/mol. The summed E-state index contributed by atoms with van der Waals surface area (Å²) in [5.41, 5.74) is 0. The van der Waals surface area contributed by atoms with Crippen molar-refractivity contribution in [1.29, 1.82) is 0 Å². The molecule has 1 N–H and O–H groups in total. The summed E-state index contributed by atoms with van der Waals surface area (Å²) < 4.78 is 0. The van der Waals surface area contributed by atoms with Crippen LogP contribution in [0, 0.1) is 11.8 Å². The summed E-state index contributed by atoms with van der Waals surface area (Å²) in [7, 11) is 0. The van der Waals surface area contributed by atoms with Gasteiger partial charge in [-0.15, -0.1) is 0 Å². The van der Waals surface area contributed by atoms with Gasteiger partial charge in [-0.2, -0.15) is 0 Å². The van der Waals surface area contributed by atoms with E-state index in [9.17, 15) is 0 Å². The van der Waals surface area contributed by atoms with Gasteiger partial charge >= 0.3 is 0 Å². The molecule has 1 aliphatic carbocycles. The first-order valence-electron chi connectivity index (χ1n) is 7.69.